The van der Waals surface area contributed by atoms with Crippen LogP contribution in [-0.4, -0.2) is 59.4 Å². The molecule has 0 aromatic carbocycles. The number of nitrogens with zero attached hydrogens (tertiary/aromatic N) is 5. The molecule has 140 valence electrons. The summed E-state index contributed by atoms with van der Waals surface area (Å²) < 4.78 is 11.0. The standard InChI is InChI=1S/C18H25N5O3/c1-12-15(13(2)26-21-12)5-8-18(24)23-10-9-14(11-23)25-17-7-6-16(19-20-17)22(3)4/h6-7,14H,5,8-11H2,1-4H3/t14-/m0/s1. The van der Waals surface area contributed by atoms with E-state index >= 15 is 0 Å². The van der Waals surface area contributed by atoms with Crippen LogP contribution >= 0.6 is 0 Å². The Morgan fingerprint density at radius 1 is 1.35 bits per heavy atom. The van der Waals surface area contributed by atoms with Crippen LogP contribution < -0.4 is 9.64 Å². The van der Waals surface area contributed by atoms with Crippen molar-refractivity contribution in [3.05, 3.63) is 29.2 Å². The largest absolute Gasteiger partial charge is 0.471 e. The Morgan fingerprint density at radius 3 is 2.77 bits per heavy atom. The zero-order chi connectivity index (χ0) is 18.7. The molecule has 0 aliphatic carbocycles. The van der Waals surface area contributed by atoms with Crippen LogP contribution in [0.5, 0.6) is 5.88 Å². The zero-order valence-corrected chi connectivity index (χ0v) is 15.7. The number of ether oxygens (including phenoxy) is 1. The molecule has 2 aromatic heterocycles. The summed E-state index contributed by atoms with van der Waals surface area (Å²) >= 11 is 0. The number of aryl methyl sites for hydroxylation is 2. The lowest BCUT2D eigenvalue weighted by molar-refractivity contribution is -0.130. The average Bonchev–Trinajstić information content (AvgIpc) is 3.20. The summed E-state index contributed by atoms with van der Waals surface area (Å²) in [5.41, 5.74) is 1.89. The molecule has 8 heteroatoms. The van der Waals surface area contributed by atoms with Crippen molar-refractivity contribution in [2.45, 2.75) is 39.2 Å². The smallest absolute Gasteiger partial charge is 0.233 e. The third-order valence-electron chi connectivity index (χ3n) is 4.64. The van der Waals surface area contributed by atoms with Crippen LogP contribution in [-0.2, 0) is 11.2 Å². The van der Waals surface area contributed by atoms with Gasteiger partial charge in [0.2, 0.25) is 11.8 Å². The molecule has 8 nitrogen and oxygen atoms in total. The highest BCUT2D eigenvalue weighted by Gasteiger charge is 2.28. The van der Waals surface area contributed by atoms with Gasteiger partial charge in [-0.15, -0.1) is 10.2 Å². The van der Waals surface area contributed by atoms with Gasteiger partial charge >= 0.3 is 0 Å². The summed E-state index contributed by atoms with van der Waals surface area (Å²) in [5, 5.41) is 12.1. The molecule has 1 aliphatic rings. The number of rotatable bonds is 6. The number of carbonyl (C=O) groups is 1. The van der Waals surface area contributed by atoms with Gasteiger partial charge in [-0.3, -0.25) is 4.79 Å². The van der Waals surface area contributed by atoms with Crippen LogP contribution in [0, 0.1) is 13.8 Å². The Labute approximate surface area is 153 Å². The second kappa shape index (κ2) is 7.72. The molecule has 1 saturated heterocycles. The van der Waals surface area contributed by atoms with E-state index in [2.05, 4.69) is 15.4 Å². The van der Waals surface area contributed by atoms with E-state index in [0.717, 1.165) is 29.3 Å². The van der Waals surface area contributed by atoms with Crippen molar-refractivity contribution in [3.63, 3.8) is 0 Å². The first kappa shape index (κ1) is 18.2. The molecule has 1 aliphatic heterocycles. The number of anilines is 1. The van der Waals surface area contributed by atoms with E-state index in [0.29, 0.717) is 31.8 Å². The van der Waals surface area contributed by atoms with E-state index in [1.54, 1.807) is 0 Å². The minimum Gasteiger partial charge on any atom is -0.471 e. The van der Waals surface area contributed by atoms with Gasteiger partial charge in [-0.05, 0) is 26.3 Å². The van der Waals surface area contributed by atoms with Gasteiger partial charge in [0, 0.05) is 45.1 Å². The third kappa shape index (κ3) is 4.12. The highest BCUT2D eigenvalue weighted by molar-refractivity contribution is 5.76. The maximum absolute atomic E-state index is 12.5. The molecule has 26 heavy (non-hydrogen) atoms. The van der Waals surface area contributed by atoms with Crippen molar-refractivity contribution in [3.8, 4) is 5.88 Å². The summed E-state index contributed by atoms with van der Waals surface area (Å²) in [7, 11) is 3.82. The van der Waals surface area contributed by atoms with Crippen molar-refractivity contribution in [2.24, 2.45) is 0 Å². The number of likely N-dealkylation sites (tertiary alicyclic amines) is 1. The summed E-state index contributed by atoms with van der Waals surface area (Å²) in [6.07, 6.45) is 1.86. The van der Waals surface area contributed by atoms with E-state index in [1.807, 2.05) is 49.9 Å². The van der Waals surface area contributed by atoms with Crippen LogP contribution in [0.4, 0.5) is 5.82 Å². The Balaban J connectivity index is 1.49. The molecule has 1 amide bonds. The molecule has 0 N–H and O–H groups in total. The van der Waals surface area contributed by atoms with Gasteiger partial charge in [0.15, 0.2) is 5.82 Å². The maximum Gasteiger partial charge on any atom is 0.233 e. The first-order valence-electron chi connectivity index (χ1n) is 8.81. The number of hydrogen-bond donors (Lipinski definition) is 0. The van der Waals surface area contributed by atoms with E-state index < -0.39 is 0 Å². The van der Waals surface area contributed by atoms with Crippen molar-refractivity contribution in [1.82, 2.24) is 20.3 Å². The van der Waals surface area contributed by atoms with Crippen LogP contribution in [0.1, 0.15) is 29.9 Å². The number of hydrogen-bond acceptors (Lipinski definition) is 7. The molecular formula is C18H25N5O3. The lowest BCUT2D eigenvalue weighted by Gasteiger charge is -2.17. The Hall–Kier alpha value is -2.64. The fraction of sp³-hybridized carbons (Fsp3) is 0.556. The topological polar surface area (TPSA) is 84.6 Å². The van der Waals surface area contributed by atoms with E-state index in [9.17, 15) is 4.79 Å². The predicted octanol–water partition coefficient (Wildman–Crippen LogP) is 1.76. The van der Waals surface area contributed by atoms with Gasteiger partial charge in [-0.1, -0.05) is 5.16 Å². The van der Waals surface area contributed by atoms with Gasteiger partial charge in [0.25, 0.3) is 0 Å². The first-order chi connectivity index (χ1) is 12.4. The molecule has 0 bridgehead atoms. The Kier molecular flexibility index (Phi) is 5.39. The lowest BCUT2D eigenvalue weighted by Crippen LogP contribution is -2.31. The second-order valence-corrected chi connectivity index (χ2v) is 6.80. The first-order valence-corrected chi connectivity index (χ1v) is 8.81. The molecule has 0 unspecified atom stereocenters. The molecule has 3 heterocycles. The predicted molar refractivity (Wildman–Crippen MR) is 96.3 cm³/mol. The Bertz CT molecular complexity index is 737. The van der Waals surface area contributed by atoms with E-state index in [-0.39, 0.29) is 12.0 Å². The zero-order valence-electron chi connectivity index (χ0n) is 15.7. The van der Waals surface area contributed by atoms with Crippen LogP contribution in [0.2, 0.25) is 0 Å². The quantitative estimate of drug-likeness (QED) is 0.777. The minimum absolute atomic E-state index is 0.0440. The van der Waals surface area contributed by atoms with Gasteiger partial charge in [-0.25, -0.2) is 0 Å². The van der Waals surface area contributed by atoms with Crippen LogP contribution in [0.25, 0.3) is 0 Å². The van der Waals surface area contributed by atoms with E-state index in [4.69, 9.17) is 9.26 Å². The van der Waals surface area contributed by atoms with Gasteiger partial charge < -0.3 is 19.1 Å². The van der Waals surface area contributed by atoms with Gasteiger partial charge in [0.05, 0.1) is 12.2 Å². The fourth-order valence-electron chi connectivity index (χ4n) is 3.08. The maximum atomic E-state index is 12.5. The molecule has 0 radical (unpaired) electrons. The molecule has 0 spiro atoms. The molecule has 1 atom stereocenters. The third-order valence-corrected chi connectivity index (χ3v) is 4.64. The molecule has 1 fully saturated rings. The molecular weight excluding hydrogens is 334 g/mol. The normalized spacial score (nSPS) is 16.8. The van der Waals surface area contributed by atoms with Crippen LogP contribution in [0.3, 0.4) is 0 Å². The molecule has 2 aromatic rings. The lowest BCUT2D eigenvalue weighted by atomic mass is 10.1. The van der Waals surface area contributed by atoms with Crippen molar-refractivity contribution in [1.29, 1.82) is 0 Å². The minimum atomic E-state index is -0.0440. The summed E-state index contributed by atoms with van der Waals surface area (Å²) in [6.45, 7) is 5.06. The Morgan fingerprint density at radius 2 is 2.15 bits per heavy atom. The van der Waals surface area contributed by atoms with E-state index in [1.165, 1.54) is 0 Å². The SMILES string of the molecule is Cc1noc(C)c1CCC(=O)N1CC[C@H](Oc2ccc(N(C)C)nn2)C1. The van der Waals surface area contributed by atoms with Crippen molar-refractivity contribution >= 4 is 11.7 Å². The summed E-state index contributed by atoms with van der Waals surface area (Å²) in [5.74, 6) is 2.19. The number of amides is 1. The molecule has 0 saturated carbocycles. The summed E-state index contributed by atoms with van der Waals surface area (Å²) in [6, 6.07) is 3.67. The molecule has 3 rings (SSSR count). The highest BCUT2D eigenvalue weighted by atomic mass is 16.5. The van der Waals surface area contributed by atoms with Gasteiger partial charge in [0.1, 0.15) is 11.9 Å². The van der Waals surface area contributed by atoms with Crippen molar-refractivity contribution < 1.29 is 14.1 Å². The van der Waals surface area contributed by atoms with Crippen molar-refractivity contribution in [2.75, 3.05) is 32.1 Å². The van der Waals surface area contributed by atoms with Crippen LogP contribution in [0.15, 0.2) is 16.7 Å². The summed E-state index contributed by atoms with van der Waals surface area (Å²) in [4.78, 5) is 16.2. The monoisotopic (exact) mass is 359 g/mol. The van der Waals surface area contributed by atoms with Gasteiger partial charge in [-0.2, -0.15) is 0 Å². The highest BCUT2D eigenvalue weighted by Crippen LogP contribution is 2.20. The second-order valence-electron chi connectivity index (χ2n) is 6.80. The fourth-order valence-corrected chi connectivity index (χ4v) is 3.08. The number of carbonyl (C=O) groups excluding carboxylic acids is 1. The average molecular weight is 359 g/mol. The number of aromatic nitrogens is 3.